The maximum atomic E-state index is 12.9. The number of carbonyl (C=O) groups excluding carboxylic acids is 1. The molecule has 0 aliphatic heterocycles. The number of sulfonamides is 1. The van der Waals surface area contributed by atoms with Crippen molar-refractivity contribution >= 4 is 21.6 Å². The number of anilines is 1. The fourth-order valence-electron chi connectivity index (χ4n) is 3.28. The number of benzene rings is 2. The van der Waals surface area contributed by atoms with Gasteiger partial charge in [0.2, 0.25) is 15.9 Å². The molecule has 0 bridgehead atoms. The molecule has 152 valence electrons. The van der Waals surface area contributed by atoms with Gasteiger partial charge in [0.15, 0.2) is 0 Å². The molecule has 1 amide bonds. The Kier molecular flexibility index (Phi) is 6.72. The molecule has 0 aliphatic carbocycles. The lowest BCUT2D eigenvalue weighted by molar-refractivity contribution is -0.122. The number of hydrogen-bond donors (Lipinski definition) is 1. The first kappa shape index (κ1) is 21.8. The van der Waals surface area contributed by atoms with Crippen LogP contribution in [-0.2, 0) is 14.8 Å². The van der Waals surface area contributed by atoms with Crippen molar-refractivity contribution in [3.05, 3.63) is 59.2 Å². The Bertz CT molecular complexity index is 957. The number of methoxy groups -OCH3 is 1. The summed E-state index contributed by atoms with van der Waals surface area (Å²) in [7, 11) is -2.18. The monoisotopic (exact) mass is 404 g/mol. The third kappa shape index (κ3) is 5.04. The predicted molar refractivity (Wildman–Crippen MR) is 112 cm³/mol. The van der Waals surface area contributed by atoms with Gasteiger partial charge in [-0.05, 0) is 51.0 Å². The van der Waals surface area contributed by atoms with Crippen molar-refractivity contribution < 1.29 is 17.9 Å². The van der Waals surface area contributed by atoms with Crippen molar-refractivity contribution in [2.45, 2.75) is 39.8 Å². The summed E-state index contributed by atoms with van der Waals surface area (Å²) >= 11 is 0. The van der Waals surface area contributed by atoms with E-state index in [0.717, 1.165) is 27.3 Å². The molecule has 0 heterocycles. The molecule has 7 heteroatoms. The molecule has 2 rings (SSSR count). The number of hydrogen-bond acceptors (Lipinski definition) is 4. The summed E-state index contributed by atoms with van der Waals surface area (Å²) in [6, 6.07) is 11.5. The SMILES string of the molecule is COc1cccc(N([C@H](C)C(=O)N[C@@H](C)c2ccc(C)cc2C)S(C)(=O)=O)c1. The van der Waals surface area contributed by atoms with E-state index in [1.807, 2.05) is 32.9 Å². The molecule has 2 atom stereocenters. The van der Waals surface area contributed by atoms with E-state index < -0.39 is 16.1 Å². The Labute approximate surface area is 167 Å². The van der Waals surface area contributed by atoms with E-state index in [1.54, 1.807) is 31.2 Å². The van der Waals surface area contributed by atoms with Crippen LogP contribution in [0.15, 0.2) is 42.5 Å². The number of ether oxygens (including phenoxy) is 1. The van der Waals surface area contributed by atoms with Gasteiger partial charge in [-0.2, -0.15) is 0 Å². The van der Waals surface area contributed by atoms with Crippen LogP contribution in [0.2, 0.25) is 0 Å². The predicted octanol–water partition coefficient (Wildman–Crippen LogP) is 3.34. The number of nitrogens with zero attached hydrogens (tertiary/aromatic N) is 1. The summed E-state index contributed by atoms with van der Waals surface area (Å²) in [5.74, 6) is 0.142. The van der Waals surface area contributed by atoms with E-state index in [2.05, 4.69) is 11.4 Å². The minimum absolute atomic E-state index is 0.248. The highest BCUT2D eigenvalue weighted by Crippen LogP contribution is 2.26. The summed E-state index contributed by atoms with van der Waals surface area (Å²) in [4.78, 5) is 12.9. The molecule has 0 saturated heterocycles. The van der Waals surface area contributed by atoms with Crippen LogP contribution in [0.3, 0.4) is 0 Å². The van der Waals surface area contributed by atoms with Crippen molar-refractivity contribution in [3.8, 4) is 5.75 Å². The molecular weight excluding hydrogens is 376 g/mol. The lowest BCUT2D eigenvalue weighted by Crippen LogP contribution is -2.48. The first-order chi connectivity index (χ1) is 13.0. The Balaban J connectivity index is 2.28. The van der Waals surface area contributed by atoms with Gasteiger partial charge < -0.3 is 10.1 Å². The van der Waals surface area contributed by atoms with Gasteiger partial charge in [0.1, 0.15) is 11.8 Å². The molecular formula is C21H28N2O4S. The Morgan fingerprint density at radius 1 is 1.11 bits per heavy atom. The molecule has 0 fully saturated rings. The summed E-state index contributed by atoms with van der Waals surface area (Å²) in [6.07, 6.45) is 1.09. The lowest BCUT2D eigenvalue weighted by atomic mass is 10.00. The molecule has 0 unspecified atom stereocenters. The van der Waals surface area contributed by atoms with Crippen molar-refractivity contribution in [3.63, 3.8) is 0 Å². The largest absolute Gasteiger partial charge is 0.497 e. The van der Waals surface area contributed by atoms with Crippen molar-refractivity contribution in [1.82, 2.24) is 5.32 Å². The number of rotatable bonds is 7. The van der Waals surface area contributed by atoms with Crippen molar-refractivity contribution in [1.29, 1.82) is 0 Å². The van der Waals surface area contributed by atoms with Gasteiger partial charge in [-0.1, -0.05) is 29.8 Å². The van der Waals surface area contributed by atoms with Gasteiger partial charge in [-0.25, -0.2) is 8.42 Å². The first-order valence-corrected chi connectivity index (χ1v) is 10.9. The third-order valence-corrected chi connectivity index (χ3v) is 5.89. The highest BCUT2D eigenvalue weighted by molar-refractivity contribution is 7.92. The Morgan fingerprint density at radius 2 is 1.79 bits per heavy atom. The van der Waals surface area contributed by atoms with E-state index in [1.165, 1.54) is 7.11 Å². The van der Waals surface area contributed by atoms with Gasteiger partial charge in [0.25, 0.3) is 0 Å². The van der Waals surface area contributed by atoms with Gasteiger partial charge in [-0.3, -0.25) is 9.10 Å². The Hall–Kier alpha value is -2.54. The zero-order valence-electron chi connectivity index (χ0n) is 17.2. The van der Waals surface area contributed by atoms with E-state index in [0.29, 0.717) is 11.4 Å². The van der Waals surface area contributed by atoms with Crippen LogP contribution in [0.5, 0.6) is 5.75 Å². The van der Waals surface area contributed by atoms with Crippen LogP contribution in [0.4, 0.5) is 5.69 Å². The fourth-order valence-corrected chi connectivity index (χ4v) is 4.45. The summed E-state index contributed by atoms with van der Waals surface area (Å²) in [5, 5.41) is 2.93. The quantitative estimate of drug-likeness (QED) is 0.768. The smallest absolute Gasteiger partial charge is 0.244 e. The minimum atomic E-state index is -3.68. The highest BCUT2D eigenvalue weighted by Gasteiger charge is 2.30. The van der Waals surface area contributed by atoms with E-state index in [-0.39, 0.29) is 11.9 Å². The van der Waals surface area contributed by atoms with Crippen molar-refractivity contribution in [2.24, 2.45) is 0 Å². The normalized spacial score (nSPS) is 13.5. The number of nitrogens with one attached hydrogen (secondary N) is 1. The topological polar surface area (TPSA) is 75.7 Å². The average Bonchev–Trinajstić information content (AvgIpc) is 2.60. The zero-order chi connectivity index (χ0) is 21.1. The molecule has 0 radical (unpaired) electrons. The maximum absolute atomic E-state index is 12.9. The summed E-state index contributed by atoms with van der Waals surface area (Å²) < 4.78 is 31.2. The Morgan fingerprint density at radius 3 is 2.36 bits per heavy atom. The minimum Gasteiger partial charge on any atom is -0.497 e. The number of carbonyl (C=O) groups is 1. The van der Waals surface area contributed by atoms with Crippen LogP contribution in [0.1, 0.15) is 36.6 Å². The molecule has 0 spiro atoms. The van der Waals surface area contributed by atoms with Gasteiger partial charge >= 0.3 is 0 Å². The second-order valence-corrected chi connectivity index (χ2v) is 8.89. The number of amides is 1. The zero-order valence-corrected chi connectivity index (χ0v) is 18.0. The molecule has 2 aromatic carbocycles. The number of aryl methyl sites for hydroxylation is 2. The molecule has 1 N–H and O–H groups in total. The van der Waals surface area contributed by atoms with Crippen LogP contribution in [0, 0.1) is 13.8 Å². The molecule has 0 aromatic heterocycles. The van der Waals surface area contributed by atoms with E-state index in [9.17, 15) is 13.2 Å². The summed E-state index contributed by atoms with van der Waals surface area (Å²) in [5.41, 5.74) is 3.60. The van der Waals surface area contributed by atoms with Crippen LogP contribution < -0.4 is 14.4 Å². The second kappa shape index (κ2) is 8.65. The van der Waals surface area contributed by atoms with Crippen LogP contribution in [0.25, 0.3) is 0 Å². The molecule has 6 nitrogen and oxygen atoms in total. The van der Waals surface area contributed by atoms with E-state index in [4.69, 9.17) is 4.74 Å². The highest BCUT2D eigenvalue weighted by atomic mass is 32.2. The van der Waals surface area contributed by atoms with Gasteiger partial charge in [0, 0.05) is 6.07 Å². The first-order valence-electron chi connectivity index (χ1n) is 9.05. The van der Waals surface area contributed by atoms with Gasteiger partial charge in [-0.15, -0.1) is 0 Å². The standard InChI is InChI=1S/C21H28N2O4S/c1-14-10-11-20(15(2)12-14)16(3)22-21(24)17(4)23(28(6,25)26)18-8-7-9-19(13-18)27-5/h7-13,16-17H,1-6H3,(H,22,24)/t16-,17+/m0/s1. The van der Waals surface area contributed by atoms with Crippen molar-refractivity contribution in [2.75, 3.05) is 17.7 Å². The molecule has 2 aromatic rings. The molecule has 0 saturated carbocycles. The van der Waals surface area contributed by atoms with Crippen LogP contribution in [-0.4, -0.2) is 33.7 Å². The fraction of sp³-hybridized carbons (Fsp3) is 0.381. The van der Waals surface area contributed by atoms with Gasteiger partial charge in [0.05, 0.1) is 25.1 Å². The maximum Gasteiger partial charge on any atom is 0.244 e. The summed E-state index contributed by atoms with van der Waals surface area (Å²) in [6.45, 7) is 7.47. The molecule has 28 heavy (non-hydrogen) atoms. The average molecular weight is 405 g/mol. The third-order valence-electron chi connectivity index (χ3n) is 4.65. The lowest BCUT2D eigenvalue weighted by Gasteiger charge is -2.29. The molecule has 0 aliphatic rings. The van der Waals surface area contributed by atoms with E-state index >= 15 is 0 Å². The van der Waals surface area contributed by atoms with Crippen LogP contribution >= 0.6 is 0 Å². The second-order valence-electron chi connectivity index (χ2n) is 7.03.